The van der Waals surface area contributed by atoms with E-state index < -0.39 is 10.0 Å². The highest BCUT2D eigenvalue weighted by Gasteiger charge is 2.23. The molecule has 0 aliphatic rings. The SMILES string of the molecule is COC(=O)CCc1cc2cc(Br)ccc2n1S(=O)(=O)c1ccccc1. The maximum atomic E-state index is 13.2. The zero-order valence-electron chi connectivity index (χ0n) is 13.5. The van der Waals surface area contributed by atoms with E-state index in [4.69, 9.17) is 0 Å². The van der Waals surface area contributed by atoms with Crippen LogP contribution in [0.5, 0.6) is 0 Å². The number of hydrogen-bond acceptors (Lipinski definition) is 4. The molecule has 0 atom stereocenters. The maximum absolute atomic E-state index is 13.2. The van der Waals surface area contributed by atoms with Crippen LogP contribution >= 0.6 is 15.9 Å². The molecule has 25 heavy (non-hydrogen) atoms. The zero-order chi connectivity index (χ0) is 18.0. The summed E-state index contributed by atoms with van der Waals surface area (Å²) < 4.78 is 33.2. The molecule has 7 heteroatoms. The number of ether oxygens (including phenoxy) is 1. The van der Waals surface area contributed by atoms with E-state index in [1.807, 2.05) is 6.07 Å². The van der Waals surface area contributed by atoms with Gasteiger partial charge in [0.25, 0.3) is 10.0 Å². The number of nitrogens with zero attached hydrogens (tertiary/aromatic N) is 1. The molecule has 3 rings (SSSR count). The third-order valence-corrected chi connectivity index (χ3v) is 6.16. The number of carbonyl (C=O) groups excluding carboxylic acids is 1. The van der Waals surface area contributed by atoms with Crippen LogP contribution in [0.4, 0.5) is 0 Å². The van der Waals surface area contributed by atoms with Gasteiger partial charge in [-0.25, -0.2) is 12.4 Å². The van der Waals surface area contributed by atoms with Gasteiger partial charge >= 0.3 is 5.97 Å². The molecule has 2 aromatic carbocycles. The number of aryl methyl sites for hydroxylation is 1. The highest BCUT2D eigenvalue weighted by atomic mass is 79.9. The highest BCUT2D eigenvalue weighted by Crippen LogP contribution is 2.28. The number of rotatable bonds is 5. The summed E-state index contributed by atoms with van der Waals surface area (Å²) >= 11 is 3.40. The van der Waals surface area contributed by atoms with Crippen molar-refractivity contribution >= 4 is 42.8 Å². The second-order valence-electron chi connectivity index (χ2n) is 5.50. The van der Waals surface area contributed by atoms with Gasteiger partial charge < -0.3 is 4.74 Å². The predicted molar refractivity (Wildman–Crippen MR) is 99.0 cm³/mol. The largest absolute Gasteiger partial charge is 0.469 e. The lowest BCUT2D eigenvalue weighted by molar-refractivity contribution is -0.140. The Morgan fingerprint density at radius 1 is 1.12 bits per heavy atom. The Hall–Kier alpha value is -2.12. The second-order valence-corrected chi connectivity index (χ2v) is 8.20. The minimum Gasteiger partial charge on any atom is -0.469 e. The molecule has 0 radical (unpaired) electrons. The van der Waals surface area contributed by atoms with Crippen molar-refractivity contribution < 1.29 is 17.9 Å². The van der Waals surface area contributed by atoms with E-state index in [9.17, 15) is 13.2 Å². The highest BCUT2D eigenvalue weighted by molar-refractivity contribution is 9.10. The summed E-state index contributed by atoms with van der Waals surface area (Å²) in [5.74, 6) is -0.380. The zero-order valence-corrected chi connectivity index (χ0v) is 15.9. The number of carbonyl (C=O) groups is 1. The van der Waals surface area contributed by atoms with Crippen molar-refractivity contribution in [1.82, 2.24) is 3.97 Å². The number of benzene rings is 2. The number of fused-ring (bicyclic) bond motifs is 1. The molecule has 0 spiro atoms. The van der Waals surface area contributed by atoms with Crippen molar-refractivity contribution in [1.29, 1.82) is 0 Å². The number of hydrogen-bond donors (Lipinski definition) is 0. The number of aromatic nitrogens is 1. The van der Waals surface area contributed by atoms with E-state index in [0.29, 0.717) is 11.2 Å². The quantitative estimate of drug-likeness (QED) is 0.588. The molecule has 1 aromatic heterocycles. The minimum absolute atomic E-state index is 0.109. The standard InChI is InChI=1S/C18H16BrNO4S/c1-24-18(21)10-8-15-12-13-11-14(19)7-9-17(13)20(15)25(22,23)16-5-3-2-4-6-16/h2-7,9,11-12H,8,10H2,1H3. The van der Waals surface area contributed by atoms with Crippen LogP contribution in [0.3, 0.4) is 0 Å². The van der Waals surface area contributed by atoms with Crippen molar-refractivity contribution in [2.24, 2.45) is 0 Å². The van der Waals surface area contributed by atoms with Gasteiger partial charge in [-0.1, -0.05) is 34.1 Å². The first-order valence-electron chi connectivity index (χ1n) is 7.61. The molecule has 0 N–H and O–H groups in total. The van der Waals surface area contributed by atoms with Gasteiger partial charge in [0.15, 0.2) is 0 Å². The molecule has 0 unspecified atom stereocenters. The van der Waals surface area contributed by atoms with Crippen molar-refractivity contribution in [2.75, 3.05) is 7.11 Å². The first-order chi connectivity index (χ1) is 11.9. The molecule has 0 aliphatic heterocycles. The Balaban J connectivity index is 2.19. The van der Waals surface area contributed by atoms with Crippen LogP contribution in [0.15, 0.2) is 64.0 Å². The summed E-state index contributed by atoms with van der Waals surface area (Å²) in [6.07, 6.45) is 0.378. The van der Waals surface area contributed by atoms with Crippen LogP contribution < -0.4 is 0 Å². The Morgan fingerprint density at radius 2 is 1.84 bits per heavy atom. The van der Waals surface area contributed by atoms with E-state index in [1.165, 1.54) is 11.1 Å². The van der Waals surface area contributed by atoms with Gasteiger partial charge in [0.1, 0.15) is 0 Å². The monoisotopic (exact) mass is 421 g/mol. The first kappa shape index (κ1) is 17.7. The van der Waals surface area contributed by atoms with Gasteiger partial charge in [0.05, 0.1) is 23.9 Å². The lowest BCUT2D eigenvalue weighted by Crippen LogP contribution is -2.16. The number of methoxy groups -OCH3 is 1. The second kappa shape index (κ2) is 7.01. The molecule has 3 aromatic rings. The Bertz CT molecular complexity index is 1030. The molecular formula is C18H16BrNO4S. The Kier molecular flexibility index (Phi) is 4.96. The molecule has 0 fully saturated rings. The third kappa shape index (κ3) is 3.48. The van der Waals surface area contributed by atoms with Crippen molar-refractivity contribution in [2.45, 2.75) is 17.7 Å². The average molecular weight is 422 g/mol. The molecule has 0 bridgehead atoms. The van der Waals surface area contributed by atoms with Crippen LogP contribution in [0.2, 0.25) is 0 Å². The van der Waals surface area contributed by atoms with Crippen molar-refractivity contribution in [3.05, 3.63) is 64.8 Å². The molecule has 1 heterocycles. The predicted octanol–water partition coefficient (Wildman–Crippen LogP) is 3.75. The Morgan fingerprint density at radius 3 is 2.52 bits per heavy atom. The van der Waals surface area contributed by atoms with Crippen molar-refractivity contribution in [3.63, 3.8) is 0 Å². The number of esters is 1. The van der Waals surface area contributed by atoms with Crippen LogP contribution in [0.25, 0.3) is 10.9 Å². The smallest absolute Gasteiger partial charge is 0.305 e. The molecular weight excluding hydrogens is 406 g/mol. The molecule has 0 aliphatic carbocycles. The number of halogens is 1. The molecule has 0 saturated heterocycles. The van der Waals surface area contributed by atoms with Gasteiger partial charge in [-0.05, 0) is 42.8 Å². The third-order valence-electron chi connectivity index (χ3n) is 3.89. The van der Waals surface area contributed by atoms with Gasteiger partial charge in [0, 0.05) is 15.6 Å². The molecule has 5 nitrogen and oxygen atoms in total. The van der Waals surface area contributed by atoms with E-state index >= 15 is 0 Å². The maximum Gasteiger partial charge on any atom is 0.305 e. The van der Waals surface area contributed by atoms with Crippen LogP contribution in [0.1, 0.15) is 12.1 Å². The van der Waals surface area contributed by atoms with E-state index in [1.54, 1.807) is 48.5 Å². The normalized spacial score (nSPS) is 11.6. The van der Waals surface area contributed by atoms with E-state index in [0.717, 1.165) is 9.86 Å². The van der Waals surface area contributed by atoms with Crippen LogP contribution in [0, 0.1) is 0 Å². The van der Waals surface area contributed by atoms with Crippen LogP contribution in [-0.2, 0) is 26.0 Å². The lowest BCUT2D eigenvalue weighted by Gasteiger charge is -2.12. The lowest BCUT2D eigenvalue weighted by atomic mass is 10.2. The summed E-state index contributed by atoms with van der Waals surface area (Å²) in [6, 6.07) is 15.4. The van der Waals surface area contributed by atoms with Gasteiger partial charge in [-0.15, -0.1) is 0 Å². The van der Waals surface area contributed by atoms with Crippen molar-refractivity contribution in [3.8, 4) is 0 Å². The Labute approximate surface area is 154 Å². The fraction of sp³-hybridized carbons (Fsp3) is 0.167. The molecule has 0 amide bonds. The fourth-order valence-electron chi connectivity index (χ4n) is 2.71. The van der Waals surface area contributed by atoms with E-state index in [-0.39, 0.29) is 23.7 Å². The van der Waals surface area contributed by atoms with Gasteiger partial charge in [-0.3, -0.25) is 4.79 Å². The summed E-state index contributed by atoms with van der Waals surface area (Å²) in [5.41, 5.74) is 1.12. The van der Waals surface area contributed by atoms with E-state index in [2.05, 4.69) is 20.7 Å². The first-order valence-corrected chi connectivity index (χ1v) is 9.84. The van der Waals surface area contributed by atoms with Gasteiger partial charge in [0.2, 0.25) is 0 Å². The summed E-state index contributed by atoms with van der Waals surface area (Å²) in [5, 5.41) is 0.786. The molecule has 130 valence electrons. The average Bonchev–Trinajstić information content (AvgIpc) is 2.98. The van der Waals surface area contributed by atoms with Gasteiger partial charge in [-0.2, -0.15) is 0 Å². The topological polar surface area (TPSA) is 65.4 Å². The minimum atomic E-state index is -3.77. The van der Waals surface area contributed by atoms with Crippen LogP contribution in [-0.4, -0.2) is 25.5 Å². The molecule has 0 saturated carbocycles. The summed E-state index contributed by atoms with van der Waals surface area (Å²) in [6.45, 7) is 0. The summed E-state index contributed by atoms with van der Waals surface area (Å²) in [4.78, 5) is 11.7. The summed E-state index contributed by atoms with van der Waals surface area (Å²) in [7, 11) is -2.46. The fourth-order valence-corrected chi connectivity index (χ4v) is 4.68.